The molecule has 0 aliphatic carbocycles. The van der Waals surface area contributed by atoms with E-state index in [-0.39, 0.29) is 5.91 Å². The van der Waals surface area contributed by atoms with Crippen molar-refractivity contribution in [1.82, 2.24) is 9.55 Å². The van der Waals surface area contributed by atoms with Crippen molar-refractivity contribution in [3.05, 3.63) is 58.7 Å². The van der Waals surface area contributed by atoms with Crippen LogP contribution < -0.4 is 5.32 Å². The van der Waals surface area contributed by atoms with Crippen molar-refractivity contribution in [1.29, 1.82) is 0 Å². The number of thiophene rings is 1. The molecular formula is C19H19N3OS. The Bertz CT molecular complexity index is 828. The van der Waals surface area contributed by atoms with Gasteiger partial charge in [0.25, 0.3) is 0 Å². The number of fused-ring (bicyclic) bond motifs is 1. The van der Waals surface area contributed by atoms with Crippen molar-refractivity contribution in [2.24, 2.45) is 0 Å². The zero-order chi connectivity index (χ0) is 16.4. The number of imidazole rings is 1. The summed E-state index contributed by atoms with van der Waals surface area (Å²) in [6.07, 6.45) is 5.97. The molecule has 122 valence electrons. The maximum atomic E-state index is 12.3. The topological polar surface area (TPSA) is 46.9 Å². The fourth-order valence-electron chi connectivity index (χ4n) is 3.12. The van der Waals surface area contributed by atoms with Crippen LogP contribution >= 0.6 is 11.3 Å². The van der Waals surface area contributed by atoms with Gasteiger partial charge in [0.2, 0.25) is 5.91 Å². The molecular weight excluding hydrogens is 318 g/mol. The number of carbonyl (C=O) groups is 1. The monoisotopic (exact) mass is 337 g/mol. The molecule has 5 heteroatoms. The van der Waals surface area contributed by atoms with E-state index in [1.165, 1.54) is 12.8 Å². The van der Waals surface area contributed by atoms with Crippen molar-refractivity contribution >= 4 is 22.9 Å². The minimum Gasteiger partial charge on any atom is -0.334 e. The lowest BCUT2D eigenvalue weighted by Gasteiger charge is -2.11. The molecule has 0 radical (unpaired) electrons. The van der Waals surface area contributed by atoms with Crippen molar-refractivity contribution in [2.75, 3.05) is 5.32 Å². The van der Waals surface area contributed by atoms with Gasteiger partial charge in [-0.05, 0) is 30.4 Å². The number of nitrogens with one attached hydrogen (secondary N) is 1. The number of carbonyl (C=O) groups excluding carboxylic acids is 1. The summed E-state index contributed by atoms with van der Waals surface area (Å²) in [7, 11) is 0. The van der Waals surface area contributed by atoms with Gasteiger partial charge in [0.1, 0.15) is 5.82 Å². The lowest BCUT2D eigenvalue weighted by atomic mass is 10.1. The summed E-state index contributed by atoms with van der Waals surface area (Å²) in [6.45, 7) is 1.04. The van der Waals surface area contributed by atoms with Crippen LogP contribution in [0.2, 0.25) is 0 Å². The van der Waals surface area contributed by atoms with Crippen LogP contribution in [-0.2, 0) is 24.2 Å². The number of para-hydroxylation sites is 1. The maximum absolute atomic E-state index is 12.3. The Morgan fingerprint density at radius 2 is 2.12 bits per heavy atom. The summed E-state index contributed by atoms with van der Waals surface area (Å²) in [5.41, 5.74) is 2.76. The van der Waals surface area contributed by atoms with E-state index in [1.54, 1.807) is 11.3 Å². The lowest BCUT2D eigenvalue weighted by molar-refractivity contribution is -0.115. The number of aryl methyl sites for hydroxylation is 2. The molecule has 0 saturated carbocycles. The van der Waals surface area contributed by atoms with Gasteiger partial charge < -0.3 is 9.88 Å². The van der Waals surface area contributed by atoms with Crippen LogP contribution in [0.25, 0.3) is 11.3 Å². The molecule has 3 aromatic rings. The van der Waals surface area contributed by atoms with Crippen molar-refractivity contribution in [2.45, 2.75) is 32.2 Å². The number of anilines is 1. The van der Waals surface area contributed by atoms with E-state index < -0.39 is 0 Å². The molecule has 0 fully saturated rings. The van der Waals surface area contributed by atoms with Crippen LogP contribution in [0.15, 0.2) is 48.0 Å². The largest absolute Gasteiger partial charge is 0.334 e. The molecule has 3 heterocycles. The zero-order valence-corrected chi connectivity index (χ0v) is 14.2. The minimum absolute atomic E-state index is 0.00822. The Balaban J connectivity index is 1.58. The molecule has 1 aliphatic rings. The molecule has 24 heavy (non-hydrogen) atoms. The number of nitrogens with zero attached hydrogens (tertiary/aromatic N) is 2. The first kappa shape index (κ1) is 15.1. The van der Waals surface area contributed by atoms with E-state index in [9.17, 15) is 4.79 Å². The standard InChI is InChI=1S/C19H19N3OS/c23-19(12-14-6-5-11-24-14)21-16-8-2-1-7-15(16)17-13-22-10-4-3-9-18(22)20-17/h1-2,5-8,11,13H,3-4,9-10,12H2,(H,21,23). The first-order valence-corrected chi connectivity index (χ1v) is 9.15. The third-order valence-corrected chi connectivity index (χ3v) is 5.18. The highest BCUT2D eigenvalue weighted by Crippen LogP contribution is 2.29. The molecule has 1 N–H and O–H groups in total. The lowest BCUT2D eigenvalue weighted by Crippen LogP contribution is -2.14. The van der Waals surface area contributed by atoms with Crippen LogP contribution in [0.1, 0.15) is 23.5 Å². The highest BCUT2D eigenvalue weighted by molar-refractivity contribution is 7.10. The fourth-order valence-corrected chi connectivity index (χ4v) is 3.83. The summed E-state index contributed by atoms with van der Waals surface area (Å²) in [5.74, 6) is 1.16. The molecule has 1 amide bonds. The van der Waals surface area contributed by atoms with Crippen LogP contribution in [-0.4, -0.2) is 15.5 Å². The summed E-state index contributed by atoms with van der Waals surface area (Å²) in [5, 5.41) is 5.04. The van der Waals surface area contributed by atoms with Gasteiger partial charge in [-0.1, -0.05) is 24.3 Å². The van der Waals surface area contributed by atoms with Gasteiger partial charge in [-0.2, -0.15) is 0 Å². The number of hydrogen-bond donors (Lipinski definition) is 1. The SMILES string of the molecule is O=C(Cc1cccs1)Nc1ccccc1-c1cn2c(n1)CCCC2. The van der Waals surface area contributed by atoms with Crippen molar-refractivity contribution < 1.29 is 4.79 Å². The Kier molecular flexibility index (Phi) is 4.17. The van der Waals surface area contributed by atoms with Gasteiger partial charge in [0.15, 0.2) is 0 Å². The molecule has 0 atom stereocenters. The van der Waals surface area contributed by atoms with Crippen LogP contribution in [0.5, 0.6) is 0 Å². The summed E-state index contributed by atoms with van der Waals surface area (Å²) in [6, 6.07) is 11.9. The van der Waals surface area contributed by atoms with Gasteiger partial charge in [-0.15, -0.1) is 11.3 Å². The van der Waals surface area contributed by atoms with E-state index in [0.717, 1.165) is 40.6 Å². The van der Waals surface area contributed by atoms with Crippen LogP contribution in [0, 0.1) is 0 Å². The number of aromatic nitrogens is 2. The molecule has 0 spiro atoms. The second-order valence-corrected chi connectivity index (χ2v) is 7.08. The van der Waals surface area contributed by atoms with Gasteiger partial charge in [-0.3, -0.25) is 4.79 Å². The van der Waals surface area contributed by atoms with Gasteiger partial charge in [0.05, 0.1) is 17.8 Å². The average molecular weight is 337 g/mol. The minimum atomic E-state index is 0.00822. The third-order valence-electron chi connectivity index (χ3n) is 4.30. The summed E-state index contributed by atoms with van der Waals surface area (Å²) in [4.78, 5) is 18.2. The fraction of sp³-hybridized carbons (Fsp3) is 0.263. The third kappa shape index (κ3) is 3.12. The molecule has 4 rings (SSSR count). The van der Waals surface area contributed by atoms with E-state index in [2.05, 4.69) is 16.1 Å². The molecule has 1 aromatic carbocycles. The van der Waals surface area contributed by atoms with Crippen molar-refractivity contribution in [3.63, 3.8) is 0 Å². The second kappa shape index (κ2) is 6.61. The Hall–Kier alpha value is -2.40. The van der Waals surface area contributed by atoms with E-state index in [1.807, 2.05) is 41.8 Å². The molecule has 0 bridgehead atoms. The normalized spacial score (nSPS) is 13.5. The molecule has 0 saturated heterocycles. The van der Waals surface area contributed by atoms with Crippen LogP contribution in [0.3, 0.4) is 0 Å². The number of benzene rings is 1. The molecule has 1 aliphatic heterocycles. The number of rotatable bonds is 4. The quantitative estimate of drug-likeness (QED) is 0.778. The Morgan fingerprint density at radius 1 is 1.21 bits per heavy atom. The number of amides is 1. The first-order valence-electron chi connectivity index (χ1n) is 8.27. The van der Waals surface area contributed by atoms with Crippen molar-refractivity contribution in [3.8, 4) is 11.3 Å². The summed E-state index contributed by atoms with van der Waals surface area (Å²) < 4.78 is 2.24. The maximum Gasteiger partial charge on any atom is 0.229 e. The summed E-state index contributed by atoms with van der Waals surface area (Å²) >= 11 is 1.60. The molecule has 0 unspecified atom stereocenters. The Morgan fingerprint density at radius 3 is 2.96 bits per heavy atom. The van der Waals surface area contributed by atoms with E-state index >= 15 is 0 Å². The number of hydrogen-bond acceptors (Lipinski definition) is 3. The molecule has 4 nitrogen and oxygen atoms in total. The predicted molar refractivity (Wildman–Crippen MR) is 97.3 cm³/mol. The second-order valence-electron chi connectivity index (χ2n) is 6.04. The highest BCUT2D eigenvalue weighted by atomic mass is 32.1. The molecule has 2 aromatic heterocycles. The van der Waals surface area contributed by atoms with Gasteiger partial charge in [-0.25, -0.2) is 4.98 Å². The van der Waals surface area contributed by atoms with Gasteiger partial charge >= 0.3 is 0 Å². The van der Waals surface area contributed by atoms with E-state index in [0.29, 0.717) is 6.42 Å². The zero-order valence-electron chi connectivity index (χ0n) is 13.4. The average Bonchev–Trinajstić information content (AvgIpc) is 3.24. The highest BCUT2D eigenvalue weighted by Gasteiger charge is 2.16. The van der Waals surface area contributed by atoms with Crippen LogP contribution in [0.4, 0.5) is 5.69 Å². The van der Waals surface area contributed by atoms with E-state index in [4.69, 9.17) is 4.98 Å². The first-order chi connectivity index (χ1) is 11.8. The Labute approximate surface area is 145 Å². The predicted octanol–water partition coefficient (Wildman–Crippen LogP) is 4.13. The van der Waals surface area contributed by atoms with Gasteiger partial charge in [0, 0.05) is 29.6 Å². The smallest absolute Gasteiger partial charge is 0.229 e.